The van der Waals surface area contributed by atoms with Crippen LogP contribution < -0.4 is 5.32 Å². The zero-order valence-corrected chi connectivity index (χ0v) is 17.6. The second-order valence-corrected chi connectivity index (χ2v) is 8.27. The summed E-state index contributed by atoms with van der Waals surface area (Å²) in [5.74, 6) is -0.421. The van der Waals surface area contributed by atoms with Crippen LogP contribution in [0.1, 0.15) is 17.5 Å². The fraction of sp³-hybridized carbons (Fsp3) is 0.0870. The quantitative estimate of drug-likeness (QED) is 0.225. The van der Waals surface area contributed by atoms with Crippen LogP contribution >= 0.6 is 0 Å². The van der Waals surface area contributed by atoms with E-state index in [0.717, 1.165) is 17.7 Å². The summed E-state index contributed by atoms with van der Waals surface area (Å²) in [4.78, 5) is 22.8. The Morgan fingerprint density at radius 3 is 2.16 bits per heavy atom. The zero-order valence-electron chi connectivity index (χ0n) is 16.8. The summed E-state index contributed by atoms with van der Waals surface area (Å²) in [6.07, 6.45) is 2.62. The first kappa shape index (κ1) is 22.8. The predicted molar refractivity (Wildman–Crippen MR) is 119 cm³/mol. The molecule has 32 heavy (non-hydrogen) atoms. The highest BCUT2D eigenvalue weighted by molar-refractivity contribution is 7.86. The van der Waals surface area contributed by atoms with Crippen molar-refractivity contribution >= 4 is 33.6 Å². The molecule has 3 aromatic rings. The molecule has 164 valence electrons. The van der Waals surface area contributed by atoms with E-state index in [1.54, 1.807) is 18.2 Å². The maximum atomic E-state index is 13.1. The Hall–Kier alpha value is -3.85. The molecular weight excluding hydrogens is 435 g/mol. The van der Waals surface area contributed by atoms with Crippen molar-refractivity contribution in [3.05, 3.63) is 106 Å². The summed E-state index contributed by atoms with van der Waals surface area (Å²) in [6.45, 7) is 0. The van der Waals surface area contributed by atoms with Crippen LogP contribution in [0.5, 0.6) is 0 Å². The summed E-state index contributed by atoms with van der Waals surface area (Å²) in [5.41, 5.74) is 2.32. The Morgan fingerprint density at radius 2 is 1.59 bits per heavy atom. The maximum Gasteiger partial charge on any atom is 0.332 e. The van der Waals surface area contributed by atoms with Gasteiger partial charge in [0.05, 0.1) is 9.82 Å². The van der Waals surface area contributed by atoms with Crippen molar-refractivity contribution in [2.75, 3.05) is 5.32 Å². The Kier molecular flexibility index (Phi) is 7.11. The first-order valence-electron chi connectivity index (χ1n) is 9.57. The van der Waals surface area contributed by atoms with Gasteiger partial charge in [-0.2, -0.15) is 8.42 Å². The SMILES string of the molecule is O=C(Nc1ccc(S(=O)(=O)F)cc1)C(=Cc1ccc([N+](=O)[O-])cc1)CCc1ccccc1. The molecule has 0 unspecified atom stereocenters. The van der Waals surface area contributed by atoms with Gasteiger partial charge in [-0.3, -0.25) is 14.9 Å². The molecule has 0 heterocycles. The molecule has 0 fully saturated rings. The number of hydrogen-bond acceptors (Lipinski definition) is 5. The van der Waals surface area contributed by atoms with Crippen LogP contribution in [-0.2, 0) is 21.4 Å². The lowest BCUT2D eigenvalue weighted by Crippen LogP contribution is -2.15. The average molecular weight is 454 g/mol. The molecule has 3 rings (SSSR count). The van der Waals surface area contributed by atoms with E-state index < -0.39 is 25.9 Å². The topological polar surface area (TPSA) is 106 Å². The number of nitrogens with one attached hydrogen (secondary N) is 1. The Balaban J connectivity index is 1.83. The minimum absolute atomic E-state index is 0.0552. The highest BCUT2D eigenvalue weighted by atomic mass is 32.3. The first-order chi connectivity index (χ1) is 15.2. The summed E-state index contributed by atoms with van der Waals surface area (Å²) < 4.78 is 35.0. The first-order valence-corrected chi connectivity index (χ1v) is 11.0. The molecular formula is C23H19FN2O5S. The van der Waals surface area contributed by atoms with Crippen molar-refractivity contribution in [1.29, 1.82) is 0 Å². The van der Waals surface area contributed by atoms with Gasteiger partial charge in [0.15, 0.2) is 0 Å². The van der Waals surface area contributed by atoms with Crippen molar-refractivity contribution in [3.8, 4) is 0 Å². The van der Waals surface area contributed by atoms with Crippen LogP contribution in [-0.4, -0.2) is 19.2 Å². The van der Waals surface area contributed by atoms with Crippen LogP contribution in [0.2, 0.25) is 0 Å². The number of halogens is 1. The fourth-order valence-corrected chi connectivity index (χ4v) is 3.44. The van der Waals surface area contributed by atoms with E-state index in [4.69, 9.17) is 0 Å². The predicted octanol–water partition coefficient (Wildman–Crippen LogP) is 4.91. The number of rotatable bonds is 8. The van der Waals surface area contributed by atoms with Crippen LogP contribution in [0.4, 0.5) is 15.3 Å². The van der Waals surface area contributed by atoms with Crippen molar-refractivity contribution in [2.45, 2.75) is 17.7 Å². The number of nitrogens with zero attached hydrogens (tertiary/aromatic N) is 1. The van der Waals surface area contributed by atoms with Crippen molar-refractivity contribution < 1.29 is 22.0 Å². The number of carbonyl (C=O) groups is 1. The van der Waals surface area contributed by atoms with E-state index in [2.05, 4.69) is 5.32 Å². The van der Waals surface area contributed by atoms with E-state index in [1.807, 2.05) is 30.3 Å². The highest BCUT2D eigenvalue weighted by Crippen LogP contribution is 2.20. The molecule has 0 spiro atoms. The third-order valence-corrected chi connectivity index (χ3v) is 5.49. The summed E-state index contributed by atoms with van der Waals surface area (Å²) in [6, 6.07) is 20.1. The summed E-state index contributed by atoms with van der Waals surface area (Å²) in [7, 11) is -4.83. The molecule has 9 heteroatoms. The minimum Gasteiger partial charge on any atom is -0.322 e. The lowest BCUT2D eigenvalue weighted by molar-refractivity contribution is -0.384. The number of non-ortho nitro benzene ring substituents is 1. The molecule has 0 saturated heterocycles. The Morgan fingerprint density at radius 1 is 0.969 bits per heavy atom. The van der Waals surface area contributed by atoms with Crippen molar-refractivity contribution in [2.24, 2.45) is 0 Å². The standard InChI is InChI=1S/C23H19FN2O5S/c24-32(30,31)22-14-10-20(11-15-22)25-23(27)19(9-6-17-4-2-1-3-5-17)16-18-7-12-21(13-8-18)26(28)29/h1-5,7-8,10-16H,6,9H2,(H,25,27). The lowest BCUT2D eigenvalue weighted by Gasteiger charge is -2.10. The molecule has 0 aliphatic rings. The second kappa shape index (κ2) is 9.97. The molecule has 0 aromatic heterocycles. The van der Waals surface area contributed by atoms with Gasteiger partial charge in [-0.05, 0) is 66.4 Å². The van der Waals surface area contributed by atoms with Gasteiger partial charge >= 0.3 is 10.2 Å². The van der Waals surface area contributed by atoms with Gasteiger partial charge in [0, 0.05) is 23.4 Å². The van der Waals surface area contributed by atoms with Gasteiger partial charge in [-0.1, -0.05) is 30.3 Å². The van der Waals surface area contributed by atoms with Gasteiger partial charge in [-0.25, -0.2) is 0 Å². The maximum absolute atomic E-state index is 13.1. The average Bonchev–Trinajstić information content (AvgIpc) is 2.77. The van der Waals surface area contributed by atoms with E-state index in [0.29, 0.717) is 29.7 Å². The Bertz CT molecular complexity index is 1240. The van der Waals surface area contributed by atoms with E-state index in [-0.39, 0.29) is 5.69 Å². The van der Waals surface area contributed by atoms with Crippen LogP contribution in [0, 0.1) is 10.1 Å². The number of nitro benzene ring substituents is 1. The number of anilines is 1. The van der Waals surface area contributed by atoms with E-state index >= 15 is 0 Å². The molecule has 0 aliphatic carbocycles. The Labute approximate surface area is 184 Å². The summed E-state index contributed by atoms with van der Waals surface area (Å²) in [5, 5.41) is 13.5. The van der Waals surface area contributed by atoms with Gasteiger partial charge in [-0.15, -0.1) is 3.89 Å². The molecule has 0 atom stereocenters. The molecule has 3 aromatic carbocycles. The van der Waals surface area contributed by atoms with E-state index in [1.165, 1.54) is 24.3 Å². The van der Waals surface area contributed by atoms with Gasteiger partial charge < -0.3 is 5.32 Å². The second-order valence-electron chi connectivity index (χ2n) is 6.92. The zero-order chi connectivity index (χ0) is 23.1. The number of carbonyl (C=O) groups excluding carboxylic acids is 1. The molecule has 1 amide bonds. The normalized spacial score (nSPS) is 11.7. The third-order valence-electron chi connectivity index (χ3n) is 4.66. The lowest BCUT2D eigenvalue weighted by atomic mass is 10.0. The summed E-state index contributed by atoms with van der Waals surface area (Å²) >= 11 is 0. The number of benzene rings is 3. The molecule has 0 aliphatic heterocycles. The van der Waals surface area contributed by atoms with Crippen molar-refractivity contribution in [3.63, 3.8) is 0 Å². The molecule has 0 bridgehead atoms. The molecule has 0 radical (unpaired) electrons. The van der Waals surface area contributed by atoms with E-state index in [9.17, 15) is 27.2 Å². The van der Waals surface area contributed by atoms with Gasteiger partial charge in [0.2, 0.25) is 0 Å². The van der Waals surface area contributed by atoms with Gasteiger partial charge in [0.25, 0.3) is 11.6 Å². The third kappa shape index (κ3) is 6.32. The van der Waals surface area contributed by atoms with Crippen LogP contribution in [0.3, 0.4) is 0 Å². The van der Waals surface area contributed by atoms with Gasteiger partial charge in [0.1, 0.15) is 0 Å². The minimum atomic E-state index is -4.83. The van der Waals surface area contributed by atoms with Crippen LogP contribution in [0.25, 0.3) is 6.08 Å². The molecule has 7 nitrogen and oxygen atoms in total. The number of aryl methyl sites for hydroxylation is 1. The number of nitro groups is 1. The highest BCUT2D eigenvalue weighted by Gasteiger charge is 2.14. The fourth-order valence-electron chi connectivity index (χ4n) is 2.98. The number of hydrogen-bond donors (Lipinski definition) is 1. The molecule has 1 N–H and O–H groups in total. The smallest absolute Gasteiger partial charge is 0.322 e. The van der Waals surface area contributed by atoms with Crippen LogP contribution in [0.15, 0.2) is 89.3 Å². The largest absolute Gasteiger partial charge is 0.332 e. The number of amides is 1. The van der Waals surface area contributed by atoms with Crippen molar-refractivity contribution in [1.82, 2.24) is 0 Å². The molecule has 0 saturated carbocycles. The monoisotopic (exact) mass is 454 g/mol.